The molecule has 1 aliphatic heterocycles. The maximum absolute atomic E-state index is 13.2. The number of likely N-dealkylation sites (tertiary alicyclic amines) is 1. The number of amides is 1. The van der Waals surface area contributed by atoms with Crippen LogP contribution in [0, 0.1) is 6.92 Å². The van der Waals surface area contributed by atoms with Crippen molar-refractivity contribution in [2.75, 3.05) is 19.3 Å². The quantitative estimate of drug-likeness (QED) is 0.672. The molecule has 0 aliphatic carbocycles. The molecule has 2 aromatic rings. The second kappa shape index (κ2) is 8.53. The second-order valence-electron chi connectivity index (χ2n) is 7.83. The summed E-state index contributed by atoms with van der Waals surface area (Å²) in [6.45, 7) is 3.62. The molecule has 0 saturated carbocycles. The summed E-state index contributed by atoms with van der Waals surface area (Å²) < 4.78 is 67.9. The van der Waals surface area contributed by atoms with Crippen LogP contribution in [0.15, 0.2) is 47.4 Å². The second-order valence-corrected chi connectivity index (χ2v) is 9.84. The molecule has 2 unspecified atom stereocenters. The van der Waals surface area contributed by atoms with Crippen LogP contribution in [0.4, 0.5) is 13.2 Å². The molecule has 9 heteroatoms. The Morgan fingerprint density at radius 1 is 1.19 bits per heavy atom. The third-order valence-electron chi connectivity index (χ3n) is 5.48. The van der Waals surface area contributed by atoms with Crippen LogP contribution >= 0.6 is 0 Å². The van der Waals surface area contributed by atoms with Crippen LogP contribution in [0.5, 0.6) is 5.75 Å². The minimum absolute atomic E-state index is 0.0988. The number of hydrogen-bond donors (Lipinski definition) is 0. The van der Waals surface area contributed by atoms with Gasteiger partial charge in [-0.15, -0.1) is 0 Å². The largest absolute Gasteiger partial charge is 0.480 e. The van der Waals surface area contributed by atoms with Gasteiger partial charge in [0.05, 0.1) is 10.5 Å². The summed E-state index contributed by atoms with van der Waals surface area (Å²) in [5.41, 5.74) is 2.03. The number of hydrogen-bond acceptors (Lipinski definition) is 4. The maximum Gasteiger partial charge on any atom is 0.425 e. The van der Waals surface area contributed by atoms with Crippen LogP contribution in [0.2, 0.25) is 0 Å². The topological polar surface area (TPSA) is 63.7 Å². The Bertz CT molecular complexity index is 1080. The monoisotopic (exact) mass is 455 g/mol. The fourth-order valence-electron chi connectivity index (χ4n) is 3.68. The first kappa shape index (κ1) is 23.1. The van der Waals surface area contributed by atoms with Gasteiger partial charge in [-0.3, -0.25) is 4.79 Å². The number of ether oxygens (including phenoxy) is 1. The normalized spacial score (nSPS) is 18.1. The Hall–Kier alpha value is -2.55. The predicted molar refractivity (Wildman–Crippen MR) is 110 cm³/mol. The highest BCUT2D eigenvalue weighted by Crippen LogP contribution is 2.33. The summed E-state index contributed by atoms with van der Waals surface area (Å²) in [6.07, 6.45) is -5.10. The molecule has 1 heterocycles. The van der Waals surface area contributed by atoms with Crippen molar-refractivity contribution in [1.29, 1.82) is 0 Å². The Balaban J connectivity index is 1.92. The molecule has 0 N–H and O–H groups in total. The standard InChI is InChI=1S/C22H24F3NO4S/c1-14-6-4-5-7-18(14)16-10-11-26(13-16)21(27)19-12-17(31(3,28)29)8-9-20(19)30-15(2)22(23,24)25/h4-9,12,15-16H,10-11,13H2,1-3H3. The van der Waals surface area contributed by atoms with Gasteiger partial charge in [-0.05, 0) is 49.6 Å². The van der Waals surface area contributed by atoms with Gasteiger partial charge < -0.3 is 9.64 Å². The number of rotatable bonds is 5. The SMILES string of the molecule is Cc1ccccc1C1CCN(C(=O)c2cc(S(C)(=O)=O)ccc2OC(C)C(F)(F)F)C1. The average Bonchev–Trinajstić information content (AvgIpc) is 3.16. The summed E-state index contributed by atoms with van der Waals surface area (Å²) in [5.74, 6) is -0.741. The van der Waals surface area contributed by atoms with Gasteiger partial charge in [-0.2, -0.15) is 13.2 Å². The number of halogens is 3. The van der Waals surface area contributed by atoms with Crippen LogP contribution in [0.1, 0.15) is 40.7 Å². The van der Waals surface area contributed by atoms with Gasteiger partial charge in [0.25, 0.3) is 5.91 Å². The van der Waals surface area contributed by atoms with E-state index in [0.717, 1.165) is 42.5 Å². The number of carbonyl (C=O) groups is 1. The summed E-state index contributed by atoms with van der Waals surface area (Å²) in [4.78, 5) is 14.6. The van der Waals surface area contributed by atoms with Crippen LogP contribution in [0.25, 0.3) is 0 Å². The molecule has 3 rings (SSSR count). The summed E-state index contributed by atoms with van der Waals surface area (Å²) in [7, 11) is -3.66. The van der Waals surface area contributed by atoms with E-state index in [1.807, 2.05) is 31.2 Å². The van der Waals surface area contributed by atoms with E-state index in [1.165, 1.54) is 4.90 Å². The molecule has 1 aliphatic rings. The summed E-state index contributed by atoms with van der Waals surface area (Å²) in [6, 6.07) is 11.2. The number of aryl methyl sites for hydroxylation is 1. The van der Waals surface area contributed by atoms with E-state index in [2.05, 4.69) is 0 Å². The van der Waals surface area contributed by atoms with Gasteiger partial charge in [0.1, 0.15) is 5.75 Å². The van der Waals surface area contributed by atoms with Crippen molar-refractivity contribution in [2.45, 2.75) is 43.4 Å². The summed E-state index contributed by atoms with van der Waals surface area (Å²) >= 11 is 0. The Labute approximate surface area is 179 Å². The van der Waals surface area contributed by atoms with E-state index < -0.39 is 28.0 Å². The first-order chi connectivity index (χ1) is 14.4. The number of sulfone groups is 1. The zero-order valence-corrected chi connectivity index (χ0v) is 18.3. The van der Waals surface area contributed by atoms with Crippen LogP contribution in [0.3, 0.4) is 0 Å². The maximum atomic E-state index is 13.2. The smallest absolute Gasteiger partial charge is 0.425 e. The Morgan fingerprint density at radius 3 is 2.48 bits per heavy atom. The van der Waals surface area contributed by atoms with Gasteiger partial charge in [-0.1, -0.05) is 24.3 Å². The van der Waals surface area contributed by atoms with Crippen LogP contribution in [-0.4, -0.2) is 50.9 Å². The van der Waals surface area contributed by atoms with Gasteiger partial charge >= 0.3 is 6.18 Å². The molecule has 0 bridgehead atoms. The van der Waals surface area contributed by atoms with Crippen molar-refractivity contribution in [3.05, 3.63) is 59.2 Å². The van der Waals surface area contributed by atoms with Gasteiger partial charge in [0, 0.05) is 25.3 Å². The molecule has 31 heavy (non-hydrogen) atoms. The molecule has 0 radical (unpaired) electrons. The highest BCUT2D eigenvalue weighted by atomic mass is 32.2. The molecule has 5 nitrogen and oxygen atoms in total. The van der Waals surface area contributed by atoms with Gasteiger partial charge in [0.15, 0.2) is 15.9 Å². The third-order valence-corrected chi connectivity index (χ3v) is 6.59. The first-order valence-corrected chi connectivity index (χ1v) is 11.7. The van der Waals surface area contributed by atoms with E-state index in [9.17, 15) is 26.4 Å². The van der Waals surface area contributed by atoms with Crippen molar-refractivity contribution in [3.8, 4) is 5.75 Å². The minimum atomic E-state index is -4.63. The van der Waals surface area contributed by atoms with E-state index in [1.54, 1.807) is 0 Å². The molecule has 2 atom stereocenters. The zero-order valence-electron chi connectivity index (χ0n) is 17.4. The highest BCUT2D eigenvalue weighted by molar-refractivity contribution is 7.90. The van der Waals surface area contributed by atoms with E-state index in [4.69, 9.17) is 4.74 Å². The third kappa shape index (κ3) is 5.20. The molecule has 1 saturated heterocycles. The predicted octanol–water partition coefficient (Wildman–Crippen LogP) is 4.36. The Morgan fingerprint density at radius 2 is 1.87 bits per heavy atom. The minimum Gasteiger partial charge on any atom is -0.480 e. The molecular formula is C22H24F3NO4S. The van der Waals surface area contributed by atoms with Crippen LogP contribution in [-0.2, 0) is 9.84 Å². The lowest BCUT2D eigenvalue weighted by molar-refractivity contribution is -0.189. The van der Waals surface area contributed by atoms with E-state index >= 15 is 0 Å². The fourth-order valence-corrected chi connectivity index (χ4v) is 4.33. The van der Waals surface area contributed by atoms with E-state index in [-0.39, 0.29) is 22.1 Å². The number of alkyl halides is 3. The van der Waals surface area contributed by atoms with Crippen LogP contribution < -0.4 is 4.74 Å². The lowest BCUT2D eigenvalue weighted by atomic mass is 9.94. The molecule has 1 amide bonds. The number of carbonyl (C=O) groups excluding carboxylic acids is 1. The average molecular weight is 455 g/mol. The van der Waals surface area contributed by atoms with Gasteiger partial charge in [-0.25, -0.2) is 8.42 Å². The van der Waals surface area contributed by atoms with Crippen molar-refractivity contribution in [1.82, 2.24) is 4.90 Å². The molecule has 2 aromatic carbocycles. The number of nitrogens with zero attached hydrogens (tertiary/aromatic N) is 1. The lowest BCUT2D eigenvalue weighted by Crippen LogP contribution is -2.33. The first-order valence-electron chi connectivity index (χ1n) is 9.80. The lowest BCUT2D eigenvalue weighted by Gasteiger charge is -2.22. The van der Waals surface area contributed by atoms with Crippen molar-refractivity contribution in [2.24, 2.45) is 0 Å². The zero-order chi connectivity index (χ0) is 23.0. The van der Waals surface area contributed by atoms with Gasteiger partial charge in [0.2, 0.25) is 0 Å². The molecule has 168 valence electrons. The molecule has 1 fully saturated rings. The Kier molecular flexibility index (Phi) is 6.36. The number of benzene rings is 2. The molecular weight excluding hydrogens is 431 g/mol. The molecule has 0 spiro atoms. The van der Waals surface area contributed by atoms with E-state index in [0.29, 0.717) is 19.5 Å². The summed E-state index contributed by atoms with van der Waals surface area (Å²) in [5, 5.41) is 0. The molecule has 0 aromatic heterocycles. The fraction of sp³-hybridized carbons (Fsp3) is 0.409. The van der Waals surface area contributed by atoms with Crippen molar-refractivity contribution >= 4 is 15.7 Å². The van der Waals surface area contributed by atoms with Crippen molar-refractivity contribution in [3.63, 3.8) is 0 Å². The van der Waals surface area contributed by atoms with Crippen molar-refractivity contribution < 1.29 is 31.1 Å². The highest BCUT2D eigenvalue weighted by Gasteiger charge is 2.39.